The Kier molecular flexibility index (Phi) is 3.92. The van der Waals surface area contributed by atoms with Crippen LogP contribution in [-0.2, 0) is 22.4 Å². The summed E-state index contributed by atoms with van der Waals surface area (Å²) in [6.45, 7) is 3.96. The number of carboxylic acid groups (broad SMARTS) is 1. The van der Waals surface area contributed by atoms with Crippen molar-refractivity contribution < 1.29 is 19.4 Å². The lowest BCUT2D eigenvalue weighted by molar-refractivity contribution is -0.157. The van der Waals surface area contributed by atoms with Gasteiger partial charge in [0.25, 0.3) is 5.91 Å². The Labute approximate surface area is 145 Å². The van der Waals surface area contributed by atoms with Gasteiger partial charge in [-0.2, -0.15) is 0 Å². The van der Waals surface area contributed by atoms with Gasteiger partial charge < -0.3 is 14.7 Å². The summed E-state index contributed by atoms with van der Waals surface area (Å²) in [5, 5.41) is 9.74. The molecule has 0 bridgehead atoms. The molecule has 1 aromatic rings. The Balaban J connectivity index is 1.56. The zero-order valence-electron chi connectivity index (χ0n) is 13.9. The van der Waals surface area contributed by atoms with Crippen molar-refractivity contribution in [1.29, 1.82) is 0 Å². The average Bonchev–Trinajstić information content (AvgIpc) is 3.15. The monoisotopic (exact) mass is 349 g/mol. The first-order valence-corrected chi connectivity index (χ1v) is 9.53. The fourth-order valence-corrected chi connectivity index (χ4v) is 5.60. The van der Waals surface area contributed by atoms with Crippen LogP contribution in [0.2, 0.25) is 0 Å². The summed E-state index contributed by atoms with van der Waals surface area (Å²) < 4.78 is 5.47. The van der Waals surface area contributed by atoms with E-state index in [0.717, 1.165) is 17.7 Å². The van der Waals surface area contributed by atoms with Crippen LogP contribution in [0.1, 0.15) is 39.9 Å². The van der Waals surface area contributed by atoms with Gasteiger partial charge >= 0.3 is 5.97 Å². The Morgan fingerprint density at radius 2 is 2.29 bits per heavy atom. The number of fused-ring (bicyclic) bond motifs is 2. The van der Waals surface area contributed by atoms with Crippen LogP contribution in [0.25, 0.3) is 0 Å². The molecule has 0 saturated carbocycles. The SMILES string of the molecule is CC1CCc2sc(C(=O)N3C[C@H]4COCC[C@@]4(C(=O)O)C3)cc2C1. The van der Waals surface area contributed by atoms with Crippen molar-refractivity contribution in [3.63, 3.8) is 0 Å². The molecular weight excluding hydrogens is 326 g/mol. The van der Waals surface area contributed by atoms with Gasteiger partial charge in [-0.3, -0.25) is 9.59 Å². The van der Waals surface area contributed by atoms with Crippen LogP contribution in [0.5, 0.6) is 0 Å². The van der Waals surface area contributed by atoms with Gasteiger partial charge in [-0.05, 0) is 43.2 Å². The molecule has 4 rings (SSSR count). The predicted octanol–water partition coefficient (Wildman–Crippen LogP) is 2.44. The van der Waals surface area contributed by atoms with Crippen molar-refractivity contribution in [2.24, 2.45) is 17.3 Å². The maximum atomic E-state index is 13.0. The molecule has 3 atom stereocenters. The summed E-state index contributed by atoms with van der Waals surface area (Å²) in [4.78, 5) is 28.7. The van der Waals surface area contributed by atoms with E-state index >= 15 is 0 Å². The van der Waals surface area contributed by atoms with Gasteiger partial charge in [0.1, 0.15) is 0 Å². The normalized spacial score (nSPS) is 32.3. The maximum Gasteiger partial charge on any atom is 0.311 e. The zero-order chi connectivity index (χ0) is 16.9. The van der Waals surface area contributed by atoms with E-state index in [2.05, 4.69) is 6.92 Å². The minimum atomic E-state index is -0.820. The molecule has 2 aliphatic heterocycles. The highest BCUT2D eigenvalue weighted by Gasteiger charge is 2.55. The summed E-state index contributed by atoms with van der Waals surface area (Å²) in [5.74, 6) is -0.207. The minimum Gasteiger partial charge on any atom is -0.481 e. The van der Waals surface area contributed by atoms with Crippen molar-refractivity contribution in [3.8, 4) is 0 Å². The summed E-state index contributed by atoms with van der Waals surface area (Å²) >= 11 is 1.60. The highest BCUT2D eigenvalue weighted by molar-refractivity contribution is 7.14. The third kappa shape index (κ3) is 2.47. The highest BCUT2D eigenvalue weighted by atomic mass is 32.1. The second-order valence-corrected chi connectivity index (χ2v) is 8.71. The number of carboxylic acids is 1. The second kappa shape index (κ2) is 5.85. The van der Waals surface area contributed by atoms with E-state index in [-0.39, 0.29) is 11.8 Å². The van der Waals surface area contributed by atoms with Gasteiger partial charge in [-0.25, -0.2) is 0 Å². The van der Waals surface area contributed by atoms with Gasteiger partial charge in [-0.1, -0.05) is 6.92 Å². The van der Waals surface area contributed by atoms with Crippen molar-refractivity contribution in [2.75, 3.05) is 26.3 Å². The standard InChI is InChI=1S/C18H23NO4S/c1-11-2-3-14-12(6-11)7-15(24-14)16(20)19-8-13-9-23-5-4-18(13,10-19)17(21)22/h7,11,13H,2-6,8-10H2,1H3,(H,21,22)/t11?,13-,18+/m0/s1. The Bertz CT molecular complexity index is 685. The molecular formula is C18H23NO4S. The largest absolute Gasteiger partial charge is 0.481 e. The number of likely N-dealkylation sites (tertiary alicyclic amines) is 1. The quantitative estimate of drug-likeness (QED) is 0.890. The van der Waals surface area contributed by atoms with Crippen LogP contribution in [0, 0.1) is 17.3 Å². The molecule has 1 unspecified atom stereocenters. The van der Waals surface area contributed by atoms with Crippen molar-refractivity contribution in [2.45, 2.75) is 32.6 Å². The number of ether oxygens (including phenoxy) is 1. The number of aryl methyl sites for hydroxylation is 1. The third-order valence-corrected chi connectivity index (χ3v) is 7.19. The van der Waals surface area contributed by atoms with Crippen LogP contribution in [-0.4, -0.2) is 48.2 Å². The number of hydrogen-bond donors (Lipinski definition) is 1. The zero-order valence-corrected chi connectivity index (χ0v) is 14.7. The van der Waals surface area contributed by atoms with Gasteiger partial charge in [0.05, 0.1) is 16.9 Å². The van der Waals surface area contributed by atoms with E-state index in [1.54, 1.807) is 16.2 Å². The molecule has 1 N–H and O–H groups in total. The molecule has 130 valence electrons. The Morgan fingerprint density at radius 1 is 1.46 bits per heavy atom. The van der Waals surface area contributed by atoms with Crippen LogP contribution < -0.4 is 0 Å². The molecule has 2 saturated heterocycles. The molecule has 24 heavy (non-hydrogen) atoms. The van der Waals surface area contributed by atoms with E-state index in [4.69, 9.17) is 4.74 Å². The number of thiophene rings is 1. The van der Waals surface area contributed by atoms with Crippen molar-refractivity contribution >= 4 is 23.2 Å². The molecule has 0 spiro atoms. The molecule has 0 aromatic carbocycles. The maximum absolute atomic E-state index is 13.0. The predicted molar refractivity (Wildman–Crippen MR) is 90.4 cm³/mol. The van der Waals surface area contributed by atoms with E-state index in [9.17, 15) is 14.7 Å². The highest BCUT2D eigenvalue weighted by Crippen LogP contribution is 2.43. The average molecular weight is 349 g/mol. The Hall–Kier alpha value is -1.40. The van der Waals surface area contributed by atoms with E-state index in [1.165, 1.54) is 16.9 Å². The van der Waals surface area contributed by atoms with Gasteiger partial charge in [-0.15, -0.1) is 11.3 Å². The fraction of sp³-hybridized carbons (Fsp3) is 0.667. The fourth-order valence-electron chi connectivity index (χ4n) is 4.42. The molecule has 5 nitrogen and oxygen atoms in total. The lowest BCUT2D eigenvalue weighted by atomic mass is 9.74. The summed E-state index contributed by atoms with van der Waals surface area (Å²) in [5.41, 5.74) is 0.495. The first-order chi connectivity index (χ1) is 11.5. The van der Waals surface area contributed by atoms with E-state index in [0.29, 0.717) is 38.6 Å². The molecule has 3 heterocycles. The number of carbonyl (C=O) groups excluding carboxylic acids is 1. The Morgan fingerprint density at radius 3 is 3.04 bits per heavy atom. The molecule has 0 radical (unpaired) electrons. The van der Waals surface area contributed by atoms with Crippen molar-refractivity contribution in [1.82, 2.24) is 4.90 Å². The second-order valence-electron chi connectivity index (χ2n) is 7.58. The number of rotatable bonds is 2. The first kappa shape index (κ1) is 16.1. The smallest absolute Gasteiger partial charge is 0.311 e. The lowest BCUT2D eigenvalue weighted by Crippen LogP contribution is -2.45. The van der Waals surface area contributed by atoms with Gasteiger partial charge in [0.15, 0.2) is 0 Å². The van der Waals surface area contributed by atoms with Crippen LogP contribution in [0.3, 0.4) is 0 Å². The summed E-state index contributed by atoms with van der Waals surface area (Å²) in [7, 11) is 0. The minimum absolute atomic E-state index is 0.00271. The molecule has 1 aromatic heterocycles. The van der Waals surface area contributed by atoms with Gasteiger partial charge in [0.2, 0.25) is 0 Å². The van der Waals surface area contributed by atoms with Crippen LogP contribution >= 0.6 is 11.3 Å². The number of nitrogens with zero attached hydrogens (tertiary/aromatic N) is 1. The molecule has 6 heteroatoms. The van der Waals surface area contributed by atoms with Gasteiger partial charge in [0, 0.05) is 30.5 Å². The van der Waals surface area contributed by atoms with E-state index in [1.807, 2.05) is 6.07 Å². The topological polar surface area (TPSA) is 66.8 Å². The number of aliphatic carboxylic acids is 1. The third-order valence-electron chi connectivity index (χ3n) is 5.96. The number of carbonyl (C=O) groups is 2. The van der Waals surface area contributed by atoms with Crippen LogP contribution in [0.4, 0.5) is 0 Å². The molecule has 3 aliphatic rings. The lowest BCUT2D eigenvalue weighted by Gasteiger charge is -2.33. The van der Waals surface area contributed by atoms with Crippen LogP contribution in [0.15, 0.2) is 6.07 Å². The summed E-state index contributed by atoms with van der Waals surface area (Å²) in [6.07, 6.45) is 3.79. The first-order valence-electron chi connectivity index (χ1n) is 8.71. The summed E-state index contributed by atoms with van der Waals surface area (Å²) in [6, 6.07) is 2.05. The van der Waals surface area contributed by atoms with E-state index < -0.39 is 11.4 Å². The molecule has 1 aliphatic carbocycles. The number of amides is 1. The molecule has 1 amide bonds. The number of hydrogen-bond acceptors (Lipinski definition) is 4. The van der Waals surface area contributed by atoms with Crippen molar-refractivity contribution in [3.05, 3.63) is 21.4 Å². The molecule has 2 fully saturated rings.